The first-order valence-corrected chi connectivity index (χ1v) is 6.24. The number of nitrogens with zero attached hydrogens (tertiary/aromatic N) is 2. The summed E-state index contributed by atoms with van der Waals surface area (Å²) in [6.45, 7) is 9.63. The van der Waals surface area contributed by atoms with E-state index in [4.69, 9.17) is 0 Å². The van der Waals surface area contributed by atoms with Gasteiger partial charge in [0, 0.05) is 24.2 Å². The number of nitrogens with one attached hydrogen (secondary N) is 1. The first-order chi connectivity index (χ1) is 7.61. The average Bonchev–Trinajstić information content (AvgIpc) is 2.95. The van der Waals surface area contributed by atoms with Gasteiger partial charge >= 0.3 is 0 Å². The fraction of sp³-hybridized carbons (Fsp3) is 0.692. The summed E-state index contributed by atoms with van der Waals surface area (Å²) >= 11 is 0. The fourth-order valence-electron chi connectivity index (χ4n) is 1.90. The lowest BCUT2D eigenvalue weighted by Crippen LogP contribution is -2.06. The van der Waals surface area contributed by atoms with Crippen LogP contribution < -0.4 is 5.32 Å². The second-order valence-corrected chi connectivity index (χ2v) is 5.04. The lowest BCUT2D eigenvalue weighted by Gasteiger charge is -2.10. The van der Waals surface area contributed by atoms with Gasteiger partial charge in [-0.05, 0) is 25.2 Å². The van der Waals surface area contributed by atoms with E-state index in [1.807, 2.05) is 0 Å². The SMILES string of the molecule is CCNc1cc(C(C)C)nc(C2CC2C)n1. The molecule has 1 heterocycles. The summed E-state index contributed by atoms with van der Waals surface area (Å²) in [6.07, 6.45) is 1.24. The molecular formula is C13H21N3. The van der Waals surface area contributed by atoms with Crippen LogP contribution in [0.4, 0.5) is 5.82 Å². The van der Waals surface area contributed by atoms with E-state index in [-0.39, 0.29) is 0 Å². The van der Waals surface area contributed by atoms with E-state index in [1.54, 1.807) is 0 Å². The standard InChI is InChI=1S/C13H21N3/c1-5-14-12-7-11(8(2)3)15-13(16-12)10-6-9(10)4/h7-10H,5-6H2,1-4H3,(H,14,15,16). The van der Waals surface area contributed by atoms with E-state index in [9.17, 15) is 0 Å². The zero-order valence-electron chi connectivity index (χ0n) is 10.6. The van der Waals surface area contributed by atoms with Gasteiger partial charge in [0.25, 0.3) is 0 Å². The molecule has 88 valence electrons. The van der Waals surface area contributed by atoms with Crippen LogP contribution in [0, 0.1) is 5.92 Å². The third-order valence-corrected chi connectivity index (χ3v) is 3.15. The van der Waals surface area contributed by atoms with Crippen LogP contribution in [0.5, 0.6) is 0 Å². The van der Waals surface area contributed by atoms with Gasteiger partial charge in [0.05, 0.1) is 0 Å². The van der Waals surface area contributed by atoms with Crippen molar-refractivity contribution >= 4 is 5.82 Å². The van der Waals surface area contributed by atoms with Crippen molar-refractivity contribution in [1.82, 2.24) is 9.97 Å². The first kappa shape index (κ1) is 11.4. The molecule has 0 aliphatic heterocycles. The molecule has 0 saturated heterocycles. The Hall–Kier alpha value is -1.12. The number of hydrogen-bond acceptors (Lipinski definition) is 3. The molecule has 0 spiro atoms. The van der Waals surface area contributed by atoms with Crippen molar-refractivity contribution in [2.45, 2.75) is 46.0 Å². The maximum Gasteiger partial charge on any atom is 0.134 e. The van der Waals surface area contributed by atoms with Crippen LogP contribution in [-0.2, 0) is 0 Å². The highest BCUT2D eigenvalue weighted by atomic mass is 15.0. The summed E-state index contributed by atoms with van der Waals surface area (Å²) in [6, 6.07) is 2.07. The van der Waals surface area contributed by atoms with E-state index in [0.717, 1.165) is 29.8 Å². The average molecular weight is 219 g/mol. The molecule has 3 heteroatoms. The number of rotatable bonds is 4. The smallest absolute Gasteiger partial charge is 0.134 e. The molecule has 0 radical (unpaired) electrons. The van der Waals surface area contributed by atoms with Crippen LogP contribution in [-0.4, -0.2) is 16.5 Å². The van der Waals surface area contributed by atoms with Gasteiger partial charge in [0.15, 0.2) is 0 Å². The lowest BCUT2D eigenvalue weighted by molar-refractivity contribution is 0.767. The van der Waals surface area contributed by atoms with Crippen molar-refractivity contribution in [3.63, 3.8) is 0 Å². The molecule has 0 amide bonds. The summed E-state index contributed by atoms with van der Waals surface area (Å²) in [5, 5.41) is 3.29. The fourth-order valence-corrected chi connectivity index (χ4v) is 1.90. The minimum absolute atomic E-state index is 0.466. The van der Waals surface area contributed by atoms with Crippen LogP contribution >= 0.6 is 0 Å². The van der Waals surface area contributed by atoms with Crippen molar-refractivity contribution < 1.29 is 0 Å². The van der Waals surface area contributed by atoms with Crippen LogP contribution in [0.25, 0.3) is 0 Å². The molecule has 1 aliphatic carbocycles. The molecule has 0 aromatic carbocycles. The Bertz CT molecular complexity index is 373. The molecule has 1 N–H and O–H groups in total. The van der Waals surface area contributed by atoms with Gasteiger partial charge < -0.3 is 5.32 Å². The summed E-state index contributed by atoms with van der Waals surface area (Å²) < 4.78 is 0. The van der Waals surface area contributed by atoms with Gasteiger partial charge in [-0.15, -0.1) is 0 Å². The zero-order valence-corrected chi connectivity index (χ0v) is 10.6. The lowest BCUT2D eigenvalue weighted by atomic mass is 10.1. The van der Waals surface area contributed by atoms with E-state index in [0.29, 0.717) is 11.8 Å². The minimum atomic E-state index is 0.466. The zero-order chi connectivity index (χ0) is 11.7. The molecule has 1 aromatic heterocycles. The minimum Gasteiger partial charge on any atom is -0.370 e. The summed E-state index contributed by atoms with van der Waals surface area (Å²) in [4.78, 5) is 9.27. The number of hydrogen-bond donors (Lipinski definition) is 1. The van der Waals surface area contributed by atoms with Gasteiger partial charge in [-0.3, -0.25) is 0 Å². The van der Waals surface area contributed by atoms with Crippen LogP contribution in [0.1, 0.15) is 57.5 Å². The van der Waals surface area contributed by atoms with E-state index < -0.39 is 0 Å². The topological polar surface area (TPSA) is 37.8 Å². The summed E-state index contributed by atoms with van der Waals surface area (Å²) in [5.41, 5.74) is 1.15. The Morgan fingerprint density at radius 1 is 1.44 bits per heavy atom. The molecule has 1 aromatic rings. The maximum atomic E-state index is 4.68. The molecule has 0 bridgehead atoms. The monoisotopic (exact) mass is 219 g/mol. The third kappa shape index (κ3) is 2.34. The van der Waals surface area contributed by atoms with Crippen LogP contribution in [0.3, 0.4) is 0 Å². The van der Waals surface area contributed by atoms with Gasteiger partial charge in [0.1, 0.15) is 11.6 Å². The van der Waals surface area contributed by atoms with Gasteiger partial charge in [-0.25, -0.2) is 9.97 Å². The second-order valence-electron chi connectivity index (χ2n) is 5.04. The largest absolute Gasteiger partial charge is 0.370 e. The normalized spacial score (nSPS) is 23.6. The van der Waals surface area contributed by atoms with E-state index >= 15 is 0 Å². The molecule has 2 unspecified atom stereocenters. The maximum absolute atomic E-state index is 4.68. The van der Waals surface area contributed by atoms with Gasteiger partial charge in [-0.1, -0.05) is 20.8 Å². The van der Waals surface area contributed by atoms with Crippen LogP contribution in [0.15, 0.2) is 6.07 Å². The third-order valence-electron chi connectivity index (χ3n) is 3.15. The highest BCUT2D eigenvalue weighted by molar-refractivity contribution is 5.38. The molecule has 1 aliphatic rings. The van der Waals surface area contributed by atoms with Crippen molar-refractivity contribution in [1.29, 1.82) is 0 Å². The Morgan fingerprint density at radius 2 is 2.12 bits per heavy atom. The quantitative estimate of drug-likeness (QED) is 0.845. The van der Waals surface area contributed by atoms with E-state index in [1.165, 1.54) is 6.42 Å². The molecule has 2 atom stereocenters. The molecule has 1 saturated carbocycles. The Morgan fingerprint density at radius 3 is 2.62 bits per heavy atom. The Balaban J connectivity index is 2.29. The number of anilines is 1. The Kier molecular flexibility index (Phi) is 3.13. The molecule has 2 rings (SSSR count). The highest BCUT2D eigenvalue weighted by Gasteiger charge is 2.37. The molecule has 16 heavy (non-hydrogen) atoms. The second kappa shape index (κ2) is 4.40. The van der Waals surface area contributed by atoms with Crippen molar-refractivity contribution in [2.75, 3.05) is 11.9 Å². The first-order valence-electron chi connectivity index (χ1n) is 6.24. The van der Waals surface area contributed by atoms with Crippen molar-refractivity contribution in [3.05, 3.63) is 17.6 Å². The molecule has 1 fully saturated rings. The van der Waals surface area contributed by atoms with Gasteiger partial charge in [0.2, 0.25) is 0 Å². The van der Waals surface area contributed by atoms with Gasteiger partial charge in [-0.2, -0.15) is 0 Å². The van der Waals surface area contributed by atoms with Crippen molar-refractivity contribution in [3.8, 4) is 0 Å². The van der Waals surface area contributed by atoms with E-state index in [2.05, 4.69) is 49.0 Å². The Labute approximate surface area is 97.7 Å². The molecule has 3 nitrogen and oxygen atoms in total. The summed E-state index contributed by atoms with van der Waals surface area (Å²) in [5.74, 6) is 3.84. The number of aromatic nitrogens is 2. The predicted molar refractivity (Wildman–Crippen MR) is 66.8 cm³/mol. The van der Waals surface area contributed by atoms with Crippen LogP contribution in [0.2, 0.25) is 0 Å². The molecular weight excluding hydrogens is 198 g/mol. The van der Waals surface area contributed by atoms with Crippen molar-refractivity contribution in [2.24, 2.45) is 5.92 Å². The predicted octanol–water partition coefficient (Wildman–Crippen LogP) is 3.16. The highest BCUT2D eigenvalue weighted by Crippen LogP contribution is 2.45. The summed E-state index contributed by atoms with van der Waals surface area (Å²) in [7, 11) is 0.